The number of halogens is 1. The summed E-state index contributed by atoms with van der Waals surface area (Å²) in [6.45, 7) is 0.0637. The Kier molecular flexibility index (Phi) is 3.31. The van der Waals surface area contributed by atoms with Crippen molar-refractivity contribution >= 4 is 0 Å². The maximum absolute atomic E-state index is 12.4. The van der Waals surface area contributed by atoms with Crippen molar-refractivity contribution in [3.63, 3.8) is 0 Å². The summed E-state index contributed by atoms with van der Waals surface area (Å²) in [5, 5.41) is 8.43. The van der Waals surface area contributed by atoms with Gasteiger partial charge in [0.05, 0.1) is 6.61 Å². The number of aliphatic hydroxyl groups is 1. The van der Waals surface area contributed by atoms with Crippen molar-refractivity contribution in [1.29, 1.82) is 0 Å². The predicted octanol–water partition coefficient (Wildman–Crippen LogP) is 1.56. The zero-order valence-electron chi connectivity index (χ0n) is 6.55. The number of hydrogen-bond donors (Lipinski definition) is 1. The zero-order chi connectivity index (χ0) is 8.81. The lowest BCUT2D eigenvalue weighted by Crippen LogP contribution is -1.78. The van der Waals surface area contributed by atoms with Crippen molar-refractivity contribution in [2.75, 3.05) is 6.61 Å². The summed E-state index contributed by atoms with van der Waals surface area (Å²) in [5.74, 6) is 5.28. The molecule has 0 heterocycles. The Bertz CT molecular complexity index is 292. The fraction of sp³-hybridized carbons (Fsp3) is 0.200. The van der Waals surface area contributed by atoms with Crippen LogP contribution in [-0.2, 0) is 0 Å². The first-order valence-corrected chi connectivity index (χ1v) is 3.68. The third kappa shape index (κ3) is 2.73. The Morgan fingerprint density at radius 2 is 1.92 bits per heavy atom. The van der Waals surface area contributed by atoms with Crippen LogP contribution in [0.2, 0.25) is 0 Å². The van der Waals surface area contributed by atoms with Crippen LogP contribution in [0.15, 0.2) is 24.3 Å². The minimum atomic E-state index is -0.261. The van der Waals surface area contributed by atoms with Gasteiger partial charge in [0.2, 0.25) is 0 Å². The molecule has 1 N–H and O–H groups in total. The van der Waals surface area contributed by atoms with E-state index in [2.05, 4.69) is 11.8 Å². The first kappa shape index (κ1) is 8.76. The van der Waals surface area contributed by atoms with E-state index in [-0.39, 0.29) is 12.4 Å². The van der Waals surface area contributed by atoms with Gasteiger partial charge in [0.25, 0.3) is 0 Å². The van der Waals surface area contributed by atoms with Gasteiger partial charge in [-0.2, -0.15) is 0 Å². The van der Waals surface area contributed by atoms with Crippen LogP contribution in [0.3, 0.4) is 0 Å². The Hall–Kier alpha value is -1.33. The van der Waals surface area contributed by atoms with Gasteiger partial charge in [0.1, 0.15) is 5.82 Å². The van der Waals surface area contributed by atoms with Crippen molar-refractivity contribution in [3.8, 4) is 11.8 Å². The van der Waals surface area contributed by atoms with Gasteiger partial charge in [-0.3, -0.25) is 0 Å². The summed E-state index contributed by atoms with van der Waals surface area (Å²) in [4.78, 5) is 0. The predicted molar refractivity (Wildman–Crippen MR) is 45.0 cm³/mol. The molecule has 0 amide bonds. The average Bonchev–Trinajstić information content (AvgIpc) is 2.09. The third-order valence-corrected chi connectivity index (χ3v) is 1.31. The molecule has 1 rings (SSSR count). The van der Waals surface area contributed by atoms with E-state index in [0.29, 0.717) is 6.42 Å². The van der Waals surface area contributed by atoms with Gasteiger partial charge in [-0.1, -0.05) is 11.8 Å². The summed E-state index contributed by atoms with van der Waals surface area (Å²) >= 11 is 0. The summed E-state index contributed by atoms with van der Waals surface area (Å²) < 4.78 is 12.4. The summed E-state index contributed by atoms with van der Waals surface area (Å²) in [6.07, 6.45) is 0.456. The molecule has 12 heavy (non-hydrogen) atoms. The van der Waals surface area contributed by atoms with Gasteiger partial charge in [-0.15, -0.1) is 0 Å². The van der Waals surface area contributed by atoms with Gasteiger partial charge in [-0.25, -0.2) is 4.39 Å². The highest BCUT2D eigenvalue weighted by Gasteiger charge is 1.87. The smallest absolute Gasteiger partial charge is 0.123 e. The molecule has 1 aromatic rings. The molecule has 1 aromatic carbocycles. The van der Waals surface area contributed by atoms with E-state index in [1.807, 2.05) is 0 Å². The van der Waals surface area contributed by atoms with Crippen molar-refractivity contribution in [1.82, 2.24) is 0 Å². The second kappa shape index (κ2) is 4.53. The molecule has 1 nitrogen and oxygen atoms in total. The molecule has 0 saturated heterocycles. The van der Waals surface area contributed by atoms with Gasteiger partial charge in [-0.05, 0) is 24.3 Å². The van der Waals surface area contributed by atoms with Crippen molar-refractivity contribution in [2.24, 2.45) is 0 Å². The van der Waals surface area contributed by atoms with Crippen molar-refractivity contribution in [3.05, 3.63) is 35.6 Å². The molecule has 0 aromatic heterocycles. The van der Waals surface area contributed by atoms with Crippen molar-refractivity contribution < 1.29 is 9.50 Å². The molecule has 2 heteroatoms. The first-order valence-electron chi connectivity index (χ1n) is 3.68. The molecule has 0 aliphatic carbocycles. The highest BCUT2D eigenvalue weighted by atomic mass is 19.1. The molecule has 0 fully saturated rings. The van der Waals surface area contributed by atoms with Gasteiger partial charge < -0.3 is 5.11 Å². The molecule has 0 atom stereocenters. The Morgan fingerprint density at radius 1 is 1.25 bits per heavy atom. The minimum Gasteiger partial charge on any atom is -0.395 e. The molecular formula is C10H9FO. The van der Waals surface area contributed by atoms with Crippen LogP contribution in [-0.4, -0.2) is 11.7 Å². The molecule has 0 saturated carbocycles. The van der Waals surface area contributed by atoms with Crippen LogP contribution in [0.5, 0.6) is 0 Å². The molecule has 0 bridgehead atoms. The van der Waals surface area contributed by atoms with Gasteiger partial charge in [0, 0.05) is 12.0 Å². The summed E-state index contributed by atoms with van der Waals surface area (Å²) in [6, 6.07) is 5.95. The van der Waals surface area contributed by atoms with Crippen LogP contribution in [0, 0.1) is 17.7 Å². The number of benzene rings is 1. The highest BCUT2D eigenvalue weighted by Crippen LogP contribution is 2.00. The van der Waals surface area contributed by atoms with Crippen LogP contribution in [0.4, 0.5) is 4.39 Å². The quantitative estimate of drug-likeness (QED) is 0.624. The van der Waals surface area contributed by atoms with E-state index >= 15 is 0 Å². The topological polar surface area (TPSA) is 20.2 Å². The Morgan fingerprint density at radius 3 is 2.50 bits per heavy atom. The molecular weight excluding hydrogens is 155 g/mol. The van der Waals surface area contributed by atoms with E-state index in [9.17, 15) is 4.39 Å². The first-order chi connectivity index (χ1) is 5.83. The third-order valence-electron chi connectivity index (χ3n) is 1.31. The monoisotopic (exact) mass is 164 g/mol. The maximum Gasteiger partial charge on any atom is 0.123 e. The van der Waals surface area contributed by atoms with Crippen molar-refractivity contribution in [2.45, 2.75) is 6.42 Å². The Balaban J connectivity index is 2.66. The summed E-state index contributed by atoms with van der Waals surface area (Å²) in [7, 11) is 0. The SMILES string of the molecule is OCCC#Cc1ccc(F)cc1. The van der Waals surface area contributed by atoms with Gasteiger partial charge >= 0.3 is 0 Å². The molecule has 0 aliphatic heterocycles. The second-order valence-corrected chi connectivity index (χ2v) is 2.28. The Labute approximate surface area is 70.9 Å². The highest BCUT2D eigenvalue weighted by molar-refractivity contribution is 5.33. The number of rotatable bonds is 1. The molecule has 62 valence electrons. The average molecular weight is 164 g/mol. The normalized spacial score (nSPS) is 8.83. The number of aliphatic hydroxyl groups excluding tert-OH is 1. The largest absolute Gasteiger partial charge is 0.395 e. The fourth-order valence-corrected chi connectivity index (χ4v) is 0.754. The zero-order valence-corrected chi connectivity index (χ0v) is 6.55. The molecule has 0 aliphatic rings. The van der Waals surface area contributed by atoms with E-state index in [4.69, 9.17) is 5.11 Å². The lowest BCUT2D eigenvalue weighted by Gasteiger charge is -1.88. The minimum absolute atomic E-state index is 0.0637. The molecule has 0 radical (unpaired) electrons. The summed E-state index contributed by atoms with van der Waals surface area (Å²) in [5.41, 5.74) is 0.768. The van der Waals surface area contributed by atoms with Crippen LogP contribution < -0.4 is 0 Å². The standard InChI is InChI=1S/C10H9FO/c11-10-6-4-9(5-7-10)3-1-2-8-12/h4-7,12H,2,8H2. The number of hydrogen-bond acceptors (Lipinski definition) is 1. The van der Waals surface area contributed by atoms with Gasteiger partial charge in [0.15, 0.2) is 0 Å². The molecule has 0 spiro atoms. The van der Waals surface area contributed by atoms with Crippen LogP contribution >= 0.6 is 0 Å². The van der Waals surface area contributed by atoms with Crippen LogP contribution in [0.25, 0.3) is 0 Å². The maximum atomic E-state index is 12.4. The van der Waals surface area contributed by atoms with E-state index in [1.165, 1.54) is 12.1 Å². The van der Waals surface area contributed by atoms with Crippen LogP contribution in [0.1, 0.15) is 12.0 Å². The lowest BCUT2D eigenvalue weighted by atomic mass is 10.2. The van der Waals surface area contributed by atoms with E-state index in [1.54, 1.807) is 12.1 Å². The van der Waals surface area contributed by atoms with E-state index in [0.717, 1.165) is 5.56 Å². The second-order valence-electron chi connectivity index (χ2n) is 2.28. The molecule has 0 unspecified atom stereocenters. The van der Waals surface area contributed by atoms with E-state index < -0.39 is 0 Å². The lowest BCUT2D eigenvalue weighted by molar-refractivity contribution is 0.305. The fourth-order valence-electron chi connectivity index (χ4n) is 0.754.